The molecular formula is C33H31F3N4O2. The molecule has 1 saturated heterocycles. The number of nitrogens with zero attached hydrogens (tertiary/aromatic N) is 3. The van der Waals surface area contributed by atoms with Crippen LogP contribution in [0.3, 0.4) is 0 Å². The minimum absolute atomic E-state index is 0.0693. The van der Waals surface area contributed by atoms with Crippen LogP contribution in [0, 0.1) is 0 Å². The summed E-state index contributed by atoms with van der Waals surface area (Å²) in [5, 5.41) is 2.70. The van der Waals surface area contributed by atoms with Gasteiger partial charge in [0.1, 0.15) is 0 Å². The fourth-order valence-electron chi connectivity index (χ4n) is 4.96. The zero-order chi connectivity index (χ0) is 29.5. The van der Waals surface area contributed by atoms with Crippen LogP contribution in [-0.4, -0.2) is 39.8 Å². The summed E-state index contributed by atoms with van der Waals surface area (Å²) in [6, 6.07) is 23.0. The van der Waals surface area contributed by atoms with Gasteiger partial charge in [-0.3, -0.25) is 9.78 Å². The average molecular weight is 573 g/mol. The van der Waals surface area contributed by atoms with Crippen LogP contribution in [-0.2, 0) is 19.3 Å². The highest BCUT2D eigenvalue weighted by molar-refractivity contribution is 5.94. The van der Waals surface area contributed by atoms with E-state index in [-0.39, 0.29) is 24.7 Å². The molecule has 0 radical (unpaired) electrons. The molecule has 0 unspecified atom stereocenters. The second kappa shape index (κ2) is 12.9. The quantitative estimate of drug-likeness (QED) is 0.248. The van der Waals surface area contributed by atoms with Crippen LogP contribution < -0.4 is 5.32 Å². The number of carbonyl (C=O) groups excluding carboxylic acids is 2. The highest BCUT2D eigenvalue weighted by atomic mass is 19.4. The van der Waals surface area contributed by atoms with E-state index in [1.807, 2.05) is 59.5 Å². The van der Waals surface area contributed by atoms with Gasteiger partial charge in [-0.1, -0.05) is 42.5 Å². The van der Waals surface area contributed by atoms with Gasteiger partial charge in [-0.2, -0.15) is 13.2 Å². The average Bonchev–Trinajstić information content (AvgIpc) is 3.01. The molecule has 9 heteroatoms. The molecule has 4 aromatic rings. The fourth-order valence-corrected chi connectivity index (χ4v) is 4.96. The maximum atomic E-state index is 13.2. The van der Waals surface area contributed by atoms with E-state index in [1.165, 1.54) is 18.6 Å². The molecule has 2 heterocycles. The highest BCUT2D eigenvalue weighted by Crippen LogP contribution is 2.30. The molecule has 3 aromatic carbocycles. The molecule has 216 valence electrons. The Kier molecular flexibility index (Phi) is 8.85. The van der Waals surface area contributed by atoms with Crippen LogP contribution in [0.4, 0.5) is 23.7 Å². The number of piperidine rings is 1. The SMILES string of the molecule is O=C(Nc1ccc(C(F)(F)F)cc1)N(Cc1ccc(-c2ccc(C(=O)N3CCCCC3)cc2)cc1)Cc1cccnc1. The number of hydrogen-bond donors (Lipinski definition) is 1. The van der Waals surface area contributed by atoms with Gasteiger partial charge in [0.05, 0.1) is 5.56 Å². The van der Waals surface area contributed by atoms with Gasteiger partial charge in [-0.25, -0.2) is 4.79 Å². The van der Waals surface area contributed by atoms with Crippen molar-refractivity contribution in [3.05, 3.63) is 120 Å². The van der Waals surface area contributed by atoms with Crippen molar-refractivity contribution in [1.29, 1.82) is 0 Å². The lowest BCUT2D eigenvalue weighted by Gasteiger charge is -2.26. The molecule has 1 N–H and O–H groups in total. The summed E-state index contributed by atoms with van der Waals surface area (Å²) < 4.78 is 38.8. The number of urea groups is 1. The van der Waals surface area contributed by atoms with E-state index < -0.39 is 17.8 Å². The predicted octanol–water partition coefficient (Wildman–Crippen LogP) is 7.63. The van der Waals surface area contributed by atoms with Crippen molar-refractivity contribution in [3.8, 4) is 11.1 Å². The Morgan fingerprint density at radius 3 is 2.00 bits per heavy atom. The Labute approximate surface area is 242 Å². The van der Waals surface area contributed by atoms with Crippen LogP contribution in [0.15, 0.2) is 97.3 Å². The highest BCUT2D eigenvalue weighted by Gasteiger charge is 2.30. The van der Waals surface area contributed by atoms with Gasteiger partial charge in [0.2, 0.25) is 0 Å². The van der Waals surface area contributed by atoms with E-state index in [0.717, 1.165) is 60.3 Å². The first kappa shape index (κ1) is 28.9. The normalized spacial score (nSPS) is 13.5. The largest absolute Gasteiger partial charge is 0.416 e. The van der Waals surface area contributed by atoms with Gasteiger partial charge in [0.15, 0.2) is 0 Å². The van der Waals surface area contributed by atoms with Crippen molar-refractivity contribution >= 4 is 17.6 Å². The number of benzene rings is 3. The zero-order valence-electron chi connectivity index (χ0n) is 23.0. The molecule has 0 saturated carbocycles. The van der Waals surface area contributed by atoms with E-state index in [2.05, 4.69) is 10.3 Å². The summed E-state index contributed by atoms with van der Waals surface area (Å²) in [7, 11) is 0. The molecule has 1 aliphatic heterocycles. The summed E-state index contributed by atoms with van der Waals surface area (Å²) in [4.78, 5) is 33.6. The Bertz CT molecular complexity index is 1480. The van der Waals surface area contributed by atoms with Crippen LogP contribution in [0.2, 0.25) is 0 Å². The number of likely N-dealkylation sites (tertiary alicyclic amines) is 1. The van der Waals surface area contributed by atoms with Crippen molar-refractivity contribution in [2.45, 2.75) is 38.5 Å². The van der Waals surface area contributed by atoms with Crippen molar-refractivity contribution in [2.75, 3.05) is 18.4 Å². The summed E-state index contributed by atoms with van der Waals surface area (Å²) in [5.74, 6) is 0.0693. The van der Waals surface area contributed by atoms with Crippen LogP contribution >= 0.6 is 0 Å². The lowest BCUT2D eigenvalue weighted by Crippen LogP contribution is -2.35. The Morgan fingerprint density at radius 1 is 0.786 bits per heavy atom. The van der Waals surface area contributed by atoms with Gasteiger partial charge in [0, 0.05) is 49.8 Å². The molecular weight excluding hydrogens is 541 g/mol. The summed E-state index contributed by atoms with van der Waals surface area (Å²) in [5.41, 5.74) is 3.81. The summed E-state index contributed by atoms with van der Waals surface area (Å²) >= 11 is 0. The standard InChI is InChI=1S/C33H31F3N4O2/c34-33(35,36)29-14-16-30(17-15-29)38-32(42)40(23-25-5-4-18-37-21-25)22-24-6-8-26(9-7-24)27-10-12-28(13-11-27)31(41)39-19-2-1-3-20-39/h4-18,21H,1-3,19-20,22-23H2,(H,38,42). The van der Waals surface area contributed by atoms with Crippen LogP contribution in [0.5, 0.6) is 0 Å². The topological polar surface area (TPSA) is 65.5 Å². The van der Waals surface area contributed by atoms with Crippen molar-refractivity contribution < 1.29 is 22.8 Å². The first-order valence-electron chi connectivity index (χ1n) is 13.9. The number of carbonyl (C=O) groups is 2. The smallest absolute Gasteiger partial charge is 0.339 e. The number of aromatic nitrogens is 1. The minimum Gasteiger partial charge on any atom is -0.339 e. The number of hydrogen-bond acceptors (Lipinski definition) is 3. The monoisotopic (exact) mass is 572 g/mol. The Morgan fingerprint density at radius 2 is 1.40 bits per heavy atom. The van der Waals surface area contributed by atoms with Crippen molar-refractivity contribution in [3.63, 3.8) is 0 Å². The third-order valence-corrected chi connectivity index (χ3v) is 7.28. The number of pyridine rings is 1. The van der Waals surface area contributed by atoms with Gasteiger partial charge in [0.25, 0.3) is 5.91 Å². The summed E-state index contributed by atoms with van der Waals surface area (Å²) in [6.45, 7) is 2.14. The first-order valence-corrected chi connectivity index (χ1v) is 13.9. The number of rotatable bonds is 7. The van der Waals surface area contributed by atoms with E-state index in [1.54, 1.807) is 23.4 Å². The molecule has 1 aromatic heterocycles. The molecule has 6 nitrogen and oxygen atoms in total. The van der Waals surface area contributed by atoms with E-state index in [9.17, 15) is 22.8 Å². The minimum atomic E-state index is -4.45. The lowest BCUT2D eigenvalue weighted by molar-refractivity contribution is -0.137. The number of halogens is 3. The van der Waals surface area contributed by atoms with Gasteiger partial charge in [-0.15, -0.1) is 0 Å². The van der Waals surface area contributed by atoms with Gasteiger partial charge < -0.3 is 15.1 Å². The summed E-state index contributed by atoms with van der Waals surface area (Å²) in [6.07, 6.45) is 2.13. The van der Waals surface area contributed by atoms with Gasteiger partial charge in [-0.05, 0) is 84.0 Å². The molecule has 1 aliphatic rings. The molecule has 5 rings (SSSR count). The number of amides is 3. The molecule has 42 heavy (non-hydrogen) atoms. The van der Waals surface area contributed by atoms with E-state index in [4.69, 9.17) is 0 Å². The van der Waals surface area contributed by atoms with Crippen molar-refractivity contribution in [2.24, 2.45) is 0 Å². The molecule has 1 fully saturated rings. The Hall–Kier alpha value is -4.66. The Balaban J connectivity index is 1.27. The number of alkyl halides is 3. The second-order valence-corrected chi connectivity index (χ2v) is 10.3. The number of anilines is 1. The molecule has 0 bridgehead atoms. The lowest BCUT2D eigenvalue weighted by atomic mass is 10.0. The molecule has 0 spiro atoms. The maximum Gasteiger partial charge on any atom is 0.416 e. The second-order valence-electron chi connectivity index (χ2n) is 10.3. The van der Waals surface area contributed by atoms with E-state index >= 15 is 0 Å². The molecule has 3 amide bonds. The predicted molar refractivity (Wildman–Crippen MR) is 156 cm³/mol. The van der Waals surface area contributed by atoms with E-state index in [0.29, 0.717) is 5.56 Å². The first-order chi connectivity index (χ1) is 20.3. The third kappa shape index (κ3) is 7.34. The molecule has 0 aliphatic carbocycles. The molecule has 0 atom stereocenters. The zero-order valence-corrected chi connectivity index (χ0v) is 23.0. The number of nitrogens with one attached hydrogen (secondary N) is 1. The van der Waals surface area contributed by atoms with Crippen LogP contribution in [0.25, 0.3) is 11.1 Å². The fraction of sp³-hybridized carbons (Fsp3) is 0.242. The van der Waals surface area contributed by atoms with Crippen LogP contribution in [0.1, 0.15) is 46.3 Å². The maximum absolute atomic E-state index is 13.2. The van der Waals surface area contributed by atoms with Crippen molar-refractivity contribution in [1.82, 2.24) is 14.8 Å². The third-order valence-electron chi connectivity index (χ3n) is 7.28. The van der Waals surface area contributed by atoms with Gasteiger partial charge >= 0.3 is 12.2 Å².